The number of nitrogens with one attached hydrogen (secondary N) is 1. The molecule has 5 atom stereocenters. The molecule has 130 valence electrons. The van der Waals surface area contributed by atoms with E-state index in [2.05, 4.69) is 20.9 Å². The van der Waals surface area contributed by atoms with Crippen LogP contribution in [-0.4, -0.2) is 62.1 Å². The van der Waals surface area contributed by atoms with Gasteiger partial charge in [0.15, 0.2) is 6.10 Å². The Hall–Kier alpha value is -1.36. The van der Waals surface area contributed by atoms with Crippen molar-refractivity contribution in [1.29, 1.82) is 0 Å². The highest BCUT2D eigenvalue weighted by Crippen LogP contribution is 2.34. The molecule has 2 aromatic rings. The highest BCUT2D eigenvalue weighted by atomic mass is 79.9. The molecular formula is C14H13BrClNO7. The van der Waals surface area contributed by atoms with Crippen LogP contribution in [0.5, 0.6) is 5.75 Å². The van der Waals surface area contributed by atoms with E-state index in [4.69, 9.17) is 26.2 Å². The second kappa shape index (κ2) is 6.51. The minimum atomic E-state index is -1.77. The maximum absolute atomic E-state index is 11.1. The van der Waals surface area contributed by atoms with Gasteiger partial charge in [0.05, 0.1) is 10.5 Å². The average Bonchev–Trinajstić information content (AvgIpc) is 2.90. The van der Waals surface area contributed by atoms with E-state index in [1.54, 1.807) is 12.1 Å². The summed E-state index contributed by atoms with van der Waals surface area (Å²) in [6.07, 6.45) is -6.84. The summed E-state index contributed by atoms with van der Waals surface area (Å²) in [6.45, 7) is 0. The van der Waals surface area contributed by atoms with Gasteiger partial charge in [0.2, 0.25) is 6.29 Å². The van der Waals surface area contributed by atoms with Crippen LogP contribution in [-0.2, 0) is 9.53 Å². The minimum absolute atomic E-state index is 0.263. The first-order valence-corrected chi connectivity index (χ1v) is 8.02. The zero-order valence-corrected chi connectivity index (χ0v) is 14.2. The molecule has 0 unspecified atom stereocenters. The van der Waals surface area contributed by atoms with Gasteiger partial charge in [-0.25, -0.2) is 4.79 Å². The van der Waals surface area contributed by atoms with Crippen molar-refractivity contribution in [2.75, 3.05) is 0 Å². The van der Waals surface area contributed by atoms with Gasteiger partial charge in [0, 0.05) is 16.1 Å². The lowest BCUT2D eigenvalue weighted by Crippen LogP contribution is -2.61. The van der Waals surface area contributed by atoms with Crippen molar-refractivity contribution < 1.29 is 34.7 Å². The molecule has 1 aromatic heterocycles. The summed E-state index contributed by atoms with van der Waals surface area (Å²) in [6, 6.07) is 3.34. The van der Waals surface area contributed by atoms with Crippen molar-refractivity contribution in [3.05, 3.63) is 27.8 Å². The number of aromatic amines is 1. The number of hydrogen-bond acceptors (Lipinski definition) is 6. The van der Waals surface area contributed by atoms with Gasteiger partial charge in [-0.05, 0) is 28.1 Å². The molecule has 1 saturated heterocycles. The molecule has 1 fully saturated rings. The third-order valence-corrected chi connectivity index (χ3v) is 4.94. The number of aromatic nitrogens is 1. The van der Waals surface area contributed by atoms with E-state index >= 15 is 0 Å². The van der Waals surface area contributed by atoms with Crippen molar-refractivity contribution in [2.24, 2.45) is 0 Å². The maximum Gasteiger partial charge on any atom is 0.335 e. The summed E-state index contributed by atoms with van der Waals surface area (Å²) < 4.78 is 11.2. The van der Waals surface area contributed by atoms with E-state index in [1.165, 1.54) is 6.20 Å². The smallest absolute Gasteiger partial charge is 0.335 e. The maximum atomic E-state index is 11.1. The third-order valence-electron chi connectivity index (χ3n) is 3.74. The van der Waals surface area contributed by atoms with E-state index in [-0.39, 0.29) is 5.75 Å². The average molecular weight is 423 g/mol. The number of benzene rings is 1. The molecule has 0 radical (unpaired) electrons. The first-order chi connectivity index (χ1) is 11.3. The number of rotatable bonds is 3. The van der Waals surface area contributed by atoms with Gasteiger partial charge in [-0.2, -0.15) is 0 Å². The van der Waals surface area contributed by atoms with Crippen LogP contribution in [0, 0.1) is 0 Å². The molecule has 0 bridgehead atoms. The molecule has 10 heteroatoms. The van der Waals surface area contributed by atoms with Gasteiger partial charge in [-0.1, -0.05) is 11.6 Å². The van der Waals surface area contributed by atoms with Crippen LogP contribution in [0.15, 0.2) is 22.8 Å². The van der Waals surface area contributed by atoms with Crippen LogP contribution >= 0.6 is 27.5 Å². The zero-order chi connectivity index (χ0) is 17.6. The number of aliphatic carboxylic acids is 1. The molecule has 2 heterocycles. The number of hydrogen-bond donors (Lipinski definition) is 5. The number of carboxylic acids is 1. The van der Waals surface area contributed by atoms with Crippen molar-refractivity contribution >= 4 is 44.4 Å². The van der Waals surface area contributed by atoms with Crippen LogP contribution in [0.4, 0.5) is 0 Å². The fraction of sp³-hybridized carbons (Fsp3) is 0.357. The highest BCUT2D eigenvalue weighted by Gasteiger charge is 2.48. The minimum Gasteiger partial charge on any atom is -0.479 e. The van der Waals surface area contributed by atoms with Gasteiger partial charge in [-0.3, -0.25) is 0 Å². The first kappa shape index (κ1) is 17.5. The van der Waals surface area contributed by atoms with Crippen molar-refractivity contribution in [1.82, 2.24) is 4.98 Å². The summed E-state index contributed by atoms with van der Waals surface area (Å²) >= 11 is 9.29. The molecular weight excluding hydrogens is 410 g/mol. The Morgan fingerprint density at radius 1 is 1.25 bits per heavy atom. The summed E-state index contributed by atoms with van der Waals surface area (Å²) in [7, 11) is 0. The molecule has 1 aliphatic rings. The fourth-order valence-electron chi connectivity index (χ4n) is 2.46. The number of halogens is 2. The monoisotopic (exact) mass is 421 g/mol. The van der Waals surface area contributed by atoms with Crippen molar-refractivity contribution in [2.45, 2.75) is 30.7 Å². The number of fused-ring (bicyclic) bond motifs is 1. The Morgan fingerprint density at radius 3 is 2.62 bits per heavy atom. The Bertz CT molecular complexity index is 782. The molecule has 1 aliphatic heterocycles. The molecule has 3 rings (SSSR count). The van der Waals surface area contributed by atoms with Crippen LogP contribution in [0.1, 0.15) is 0 Å². The van der Waals surface area contributed by atoms with Crippen LogP contribution in [0.2, 0.25) is 5.02 Å². The van der Waals surface area contributed by atoms with Crippen molar-refractivity contribution in [3.63, 3.8) is 0 Å². The molecule has 0 saturated carbocycles. The summed E-state index contributed by atoms with van der Waals surface area (Å²) in [4.78, 5) is 14.0. The SMILES string of the molecule is O=C(O)[C@H]1O[C@H](Oc2c[nH]c3cc(Cl)c(Br)cc23)[C@H](O)[C@@H](O)[C@@H]1O. The second-order valence-corrected chi connectivity index (χ2v) is 6.58. The lowest BCUT2D eigenvalue weighted by atomic mass is 9.99. The Morgan fingerprint density at radius 2 is 1.96 bits per heavy atom. The summed E-state index contributed by atoms with van der Waals surface area (Å²) in [5.74, 6) is -1.21. The molecule has 0 aliphatic carbocycles. The lowest BCUT2D eigenvalue weighted by molar-refractivity contribution is -0.270. The number of aliphatic hydroxyl groups excluding tert-OH is 3. The lowest BCUT2D eigenvalue weighted by Gasteiger charge is -2.38. The molecule has 1 aromatic carbocycles. The Kier molecular flexibility index (Phi) is 4.73. The van der Waals surface area contributed by atoms with E-state index in [0.29, 0.717) is 20.4 Å². The Labute approximate surface area is 148 Å². The quantitative estimate of drug-likeness (QED) is 0.495. The summed E-state index contributed by atoms with van der Waals surface area (Å²) in [5.41, 5.74) is 0.652. The van der Waals surface area contributed by atoms with E-state index < -0.39 is 36.7 Å². The topological polar surface area (TPSA) is 132 Å². The molecule has 5 N–H and O–H groups in total. The van der Waals surface area contributed by atoms with Crippen LogP contribution in [0.3, 0.4) is 0 Å². The fourth-order valence-corrected chi connectivity index (χ4v) is 2.97. The number of aliphatic hydroxyl groups is 3. The number of ether oxygens (including phenoxy) is 2. The summed E-state index contributed by atoms with van der Waals surface area (Å²) in [5, 5.41) is 39.6. The third kappa shape index (κ3) is 2.99. The van der Waals surface area contributed by atoms with Gasteiger partial charge in [0.25, 0.3) is 0 Å². The van der Waals surface area contributed by atoms with Crippen LogP contribution in [0.25, 0.3) is 10.9 Å². The van der Waals surface area contributed by atoms with E-state index in [1.807, 2.05) is 0 Å². The number of carbonyl (C=O) groups is 1. The predicted molar refractivity (Wildman–Crippen MR) is 86.0 cm³/mol. The standard InChI is InChI=1S/C14H13BrClNO7/c15-5-1-4-7(2-6(5)16)17-3-8(4)23-14-11(20)9(18)10(19)12(24-14)13(21)22/h1-3,9-12,14,17-20H,(H,21,22)/t9-,10-,11+,12-,14-/m0/s1. The molecule has 0 spiro atoms. The van der Waals surface area contributed by atoms with E-state index in [0.717, 1.165) is 0 Å². The van der Waals surface area contributed by atoms with Gasteiger partial charge >= 0.3 is 5.97 Å². The van der Waals surface area contributed by atoms with Gasteiger partial charge in [-0.15, -0.1) is 0 Å². The molecule has 8 nitrogen and oxygen atoms in total. The number of H-pyrrole nitrogens is 1. The van der Waals surface area contributed by atoms with E-state index in [9.17, 15) is 20.1 Å². The molecule has 24 heavy (non-hydrogen) atoms. The second-order valence-electron chi connectivity index (χ2n) is 5.32. The first-order valence-electron chi connectivity index (χ1n) is 6.85. The normalized spacial score (nSPS) is 30.5. The zero-order valence-electron chi connectivity index (χ0n) is 11.9. The van der Waals surface area contributed by atoms with Crippen LogP contribution < -0.4 is 4.74 Å². The highest BCUT2D eigenvalue weighted by molar-refractivity contribution is 9.10. The predicted octanol–water partition coefficient (Wildman–Crippen LogP) is 0.855. The molecule has 0 amide bonds. The van der Waals surface area contributed by atoms with Gasteiger partial charge in [0.1, 0.15) is 24.1 Å². The number of carboxylic acid groups (broad SMARTS) is 1. The largest absolute Gasteiger partial charge is 0.479 e. The van der Waals surface area contributed by atoms with Crippen molar-refractivity contribution in [3.8, 4) is 5.75 Å². The van der Waals surface area contributed by atoms with Gasteiger partial charge < -0.3 is 34.9 Å². The Balaban J connectivity index is 1.90.